The zero-order valence-electron chi connectivity index (χ0n) is 12.2. The van der Waals surface area contributed by atoms with E-state index in [9.17, 15) is 5.11 Å². The van der Waals surface area contributed by atoms with Gasteiger partial charge in [0.05, 0.1) is 12.2 Å². The first kappa shape index (κ1) is 15.7. The van der Waals surface area contributed by atoms with E-state index in [1.165, 1.54) is 24.8 Å². The maximum atomic E-state index is 9.95. The molecule has 0 saturated heterocycles. The molecule has 4 atom stereocenters. The number of rotatable bonds is 7. The number of ether oxygens (including phenoxy) is 1. The molecule has 0 amide bonds. The van der Waals surface area contributed by atoms with Gasteiger partial charge in [-0.1, -0.05) is 51.7 Å². The molecule has 106 valence electrons. The Labute approximate surface area is 112 Å². The van der Waals surface area contributed by atoms with Gasteiger partial charge in [0.25, 0.3) is 0 Å². The van der Waals surface area contributed by atoms with Crippen molar-refractivity contribution in [3.63, 3.8) is 0 Å². The third-order valence-corrected chi connectivity index (χ3v) is 4.18. The van der Waals surface area contributed by atoms with Gasteiger partial charge in [0.1, 0.15) is 0 Å². The van der Waals surface area contributed by atoms with E-state index in [-0.39, 0.29) is 18.1 Å². The largest absolute Gasteiger partial charge is 0.389 e. The minimum absolute atomic E-state index is 0.155. The van der Waals surface area contributed by atoms with Crippen LogP contribution in [0.15, 0.2) is 11.6 Å². The standard InChI is InChI=1S/C16H29O2/c1-5-7-8-9-10-18-16-13(4)12(3)15(17)11-14(16)6-2/h11-13,15-17H,2,5-10H2,1,3-4H3/q-1. The Balaban J connectivity index is 2.48. The molecule has 1 rings (SSSR count). The monoisotopic (exact) mass is 253 g/mol. The van der Waals surface area contributed by atoms with Crippen molar-refractivity contribution in [2.24, 2.45) is 11.8 Å². The predicted octanol–water partition coefficient (Wildman–Crippen LogP) is 3.75. The Bertz CT molecular complexity index is 260. The van der Waals surface area contributed by atoms with E-state index in [0.717, 1.165) is 19.4 Å². The second kappa shape index (κ2) is 7.96. The molecule has 1 N–H and O–H groups in total. The van der Waals surface area contributed by atoms with Crippen LogP contribution in [0.25, 0.3) is 0 Å². The van der Waals surface area contributed by atoms with Crippen LogP contribution in [-0.2, 0) is 4.74 Å². The molecular weight excluding hydrogens is 224 g/mol. The van der Waals surface area contributed by atoms with E-state index >= 15 is 0 Å². The lowest BCUT2D eigenvalue weighted by molar-refractivity contribution is -0.0115. The second-order valence-electron chi connectivity index (χ2n) is 5.55. The van der Waals surface area contributed by atoms with Crippen LogP contribution in [0.5, 0.6) is 0 Å². The smallest absolute Gasteiger partial charge is 0.0790 e. The average molecular weight is 253 g/mol. The topological polar surface area (TPSA) is 29.5 Å². The molecule has 0 aromatic heterocycles. The van der Waals surface area contributed by atoms with Gasteiger partial charge < -0.3 is 16.8 Å². The molecule has 0 aromatic carbocycles. The number of aliphatic hydroxyl groups excluding tert-OH is 1. The van der Waals surface area contributed by atoms with Crippen LogP contribution in [0.1, 0.15) is 52.9 Å². The molecule has 0 bridgehead atoms. The Morgan fingerprint density at radius 1 is 1.22 bits per heavy atom. The molecule has 0 saturated carbocycles. The zero-order valence-corrected chi connectivity index (χ0v) is 12.2. The molecule has 0 heterocycles. The molecule has 0 fully saturated rings. The summed E-state index contributed by atoms with van der Waals surface area (Å²) in [7, 11) is 0. The normalized spacial score (nSPS) is 32.4. The molecule has 1 aliphatic carbocycles. The Morgan fingerprint density at radius 2 is 1.94 bits per heavy atom. The van der Waals surface area contributed by atoms with Gasteiger partial charge >= 0.3 is 0 Å². The summed E-state index contributed by atoms with van der Waals surface area (Å²) in [6, 6.07) is 0. The van der Waals surface area contributed by atoms with Gasteiger partial charge in [-0.25, -0.2) is 0 Å². The van der Waals surface area contributed by atoms with Crippen molar-refractivity contribution in [1.82, 2.24) is 0 Å². The fourth-order valence-corrected chi connectivity index (χ4v) is 2.61. The van der Waals surface area contributed by atoms with Gasteiger partial charge in [0.2, 0.25) is 0 Å². The Morgan fingerprint density at radius 3 is 2.56 bits per heavy atom. The third-order valence-electron chi connectivity index (χ3n) is 4.18. The molecular formula is C16H29O2-. The molecule has 0 radical (unpaired) electrons. The fourth-order valence-electron chi connectivity index (χ4n) is 2.61. The molecule has 0 aromatic rings. The van der Waals surface area contributed by atoms with Gasteiger partial charge in [0.15, 0.2) is 0 Å². The van der Waals surface area contributed by atoms with Gasteiger partial charge in [-0.15, -0.1) is 0 Å². The Hall–Kier alpha value is -0.340. The maximum Gasteiger partial charge on any atom is 0.0790 e. The van der Waals surface area contributed by atoms with Crippen LogP contribution in [0.2, 0.25) is 0 Å². The first-order valence-electron chi connectivity index (χ1n) is 7.41. The van der Waals surface area contributed by atoms with E-state index in [1.807, 2.05) is 6.08 Å². The molecule has 4 unspecified atom stereocenters. The Kier molecular flexibility index (Phi) is 6.95. The van der Waals surface area contributed by atoms with E-state index in [0.29, 0.717) is 5.92 Å². The lowest BCUT2D eigenvalue weighted by Gasteiger charge is -2.38. The summed E-state index contributed by atoms with van der Waals surface area (Å²) in [5.41, 5.74) is 1.17. The van der Waals surface area contributed by atoms with Crippen molar-refractivity contribution in [2.75, 3.05) is 6.61 Å². The van der Waals surface area contributed by atoms with E-state index in [2.05, 4.69) is 27.7 Å². The van der Waals surface area contributed by atoms with Crippen LogP contribution in [0, 0.1) is 18.8 Å². The van der Waals surface area contributed by atoms with Gasteiger partial charge in [-0.3, -0.25) is 0 Å². The lowest BCUT2D eigenvalue weighted by atomic mass is 9.77. The van der Waals surface area contributed by atoms with Gasteiger partial charge in [-0.05, 0) is 18.3 Å². The first-order valence-corrected chi connectivity index (χ1v) is 7.41. The van der Waals surface area contributed by atoms with Gasteiger partial charge in [-0.2, -0.15) is 6.42 Å². The summed E-state index contributed by atoms with van der Waals surface area (Å²) in [5, 5.41) is 9.95. The number of aliphatic hydroxyl groups is 1. The quantitative estimate of drug-likeness (QED) is 0.425. The molecule has 0 spiro atoms. The lowest BCUT2D eigenvalue weighted by Crippen LogP contribution is -2.38. The highest BCUT2D eigenvalue weighted by molar-refractivity contribution is 5.18. The molecule has 0 aliphatic heterocycles. The van der Waals surface area contributed by atoms with Crippen LogP contribution in [-0.4, -0.2) is 23.9 Å². The minimum Gasteiger partial charge on any atom is -0.389 e. The number of unbranched alkanes of at least 4 members (excludes halogenated alkanes) is 3. The highest BCUT2D eigenvalue weighted by Gasteiger charge is 2.33. The van der Waals surface area contributed by atoms with Crippen LogP contribution >= 0.6 is 0 Å². The SMILES string of the molecule is [CH2-]CC1=CC(O)C(C)C(C)C1OCCCCCC. The summed E-state index contributed by atoms with van der Waals surface area (Å²) in [6.07, 6.45) is 7.43. The predicted molar refractivity (Wildman–Crippen MR) is 76.3 cm³/mol. The number of hydrogen-bond donors (Lipinski definition) is 1. The molecule has 2 heteroatoms. The summed E-state index contributed by atoms with van der Waals surface area (Å²) >= 11 is 0. The summed E-state index contributed by atoms with van der Waals surface area (Å²) in [5.74, 6) is 0.633. The van der Waals surface area contributed by atoms with Crippen LogP contribution < -0.4 is 0 Å². The second-order valence-corrected chi connectivity index (χ2v) is 5.55. The molecule has 1 aliphatic rings. The van der Waals surface area contributed by atoms with Crippen LogP contribution in [0.4, 0.5) is 0 Å². The fraction of sp³-hybridized carbons (Fsp3) is 0.812. The zero-order chi connectivity index (χ0) is 13.5. The first-order chi connectivity index (χ1) is 8.61. The van der Waals surface area contributed by atoms with E-state index < -0.39 is 0 Å². The van der Waals surface area contributed by atoms with Crippen LogP contribution in [0.3, 0.4) is 0 Å². The highest BCUT2D eigenvalue weighted by atomic mass is 16.5. The molecule has 2 nitrogen and oxygen atoms in total. The van der Waals surface area contributed by atoms with E-state index in [1.54, 1.807) is 0 Å². The summed E-state index contributed by atoms with van der Waals surface area (Å²) < 4.78 is 6.04. The summed E-state index contributed by atoms with van der Waals surface area (Å²) in [6.45, 7) is 11.3. The van der Waals surface area contributed by atoms with Crippen molar-refractivity contribution in [3.8, 4) is 0 Å². The van der Waals surface area contributed by atoms with Crippen molar-refractivity contribution < 1.29 is 9.84 Å². The third kappa shape index (κ3) is 4.10. The average Bonchev–Trinajstić information content (AvgIpc) is 2.37. The van der Waals surface area contributed by atoms with Crippen molar-refractivity contribution >= 4 is 0 Å². The minimum atomic E-state index is -0.336. The van der Waals surface area contributed by atoms with Crippen molar-refractivity contribution in [3.05, 3.63) is 18.6 Å². The van der Waals surface area contributed by atoms with Gasteiger partial charge in [0, 0.05) is 6.61 Å². The maximum absolute atomic E-state index is 9.95. The van der Waals surface area contributed by atoms with Crippen molar-refractivity contribution in [1.29, 1.82) is 0 Å². The van der Waals surface area contributed by atoms with E-state index in [4.69, 9.17) is 4.74 Å². The molecule has 18 heavy (non-hydrogen) atoms. The summed E-state index contributed by atoms with van der Waals surface area (Å²) in [4.78, 5) is 0. The highest BCUT2D eigenvalue weighted by Crippen LogP contribution is 2.33. The number of hydrogen-bond acceptors (Lipinski definition) is 2. The van der Waals surface area contributed by atoms with Crippen molar-refractivity contribution in [2.45, 2.75) is 65.1 Å².